The SMILES string of the molecule is [2H]C([2H])(c1cccc(C)c1)c1cc(-c2[c-]ccc3c2sc2c3ccc3c4ccc(C)cc4ccc32)ncc1F.[CH3][Ge]([CH3])([CH3])[c]1ccc(-c2[c-]cccc2)nc1.[Ir]. The van der Waals surface area contributed by atoms with Crippen LogP contribution in [0.25, 0.3) is 64.2 Å². The molecule has 0 saturated carbocycles. The van der Waals surface area contributed by atoms with E-state index < -0.39 is 25.5 Å². The van der Waals surface area contributed by atoms with Gasteiger partial charge >= 0.3 is 99.8 Å². The van der Waals surface area contributed by atoms with Gasteiger partial charge in [0.25, 0.3) is 0 Å². The zero-order valence-corrected chi connectivity index (χ0v) is 36.0. The number of hydrogen-bond donors (Lipinski definition) is 0. The van der Waals surface area contributed by atoms with E-state index in [1.54, 1.807) is 35.6 Å². The Morgan fingerprint density at radius 1 is 0.667 bits per heavy atom. The van der Waals surface area contributed by atoms with Gasteiger partial charge < -0.3 is 4.98 Å². The Morgan fingerprint density at radius 2 is 1.41 bits per heavy atom. The van der Waals surface area contributed by atoms with Gasteiger partial charge in [-0.15, -0.1) is 23.8 Å². The van der Waals surface area contributed by atoms with Crippen LogP contribution in [0.2, 0.25) is 17.3 Å². The fourth-order valence-electron chi connectivity index (χ4n) is 6.75. The molecule has 1 radical (unpaired) electrons. The Labute approximate surface area is 339 Å². The summed E-state index contributed by atoms with van der Waals surface area (Å²) in [5.41, 5.74) is 5.87. The maximum atomic E-state index is 15.1. The van der Waals surface area contributed by atoms with Crippen LogP contribution in [0, 0.1) is 31.8 Å². The molecule has 0 fully saturated rings. The van der Waals surface area contributed by atoms with Crippen LogP contribution in [-0.4, -0.2) is 23.2 Å². The van der Waals surface area contributed by atoms with Crippen LogP contribution in [-0.2, 0) is 26.5 Å². The second-order valence-corrected chi connectivity index (χ2v) is 26.2. The zero-order valence-electron chi connectivity index (χ0n) is 32.7. The number of fused-ring (bicyclic) bond motifs is 7. The average molecular weight is 962 g/mol. The largest absolute Gasteiger partial charge is 0 e. The molecule has 0 amide bonds. The number of benzene rings is 6. The van der Waals surface area contributed by atoms with E-state index in [0.29, 0.717) is 11.3 Å². The molecule has 3 aromatic heterocycles. The van der Waals surface area contributed by atoms with Crippen molar-refractivity contribution in [2.75, 3.05) is 0 Å². The van der Waals surface area contributed by atoms with Crippen LogP contribution in [0.15, 0.2) is 134 Å². The first-order valence-corrected chi connectivity index (χ1v) is 25.9. The maximum absolute atomic E-state index is 15.1. The van der Waals surface area contributed by atoms with Crippen molar-refractivity contribution in [1.29, 1.82) is 0 Å². The third-order valence-corrected chi connectivity index (χ3v) is 15.1. The van der Waals surface area contributed by atoms with Crippen LogP contribution in [0.3, 0.4) is 0 Å². The first-order valence-electron chi connectivity index (χ1n) is 18.7. The Kier molecular flexibility index (Phi) is 10.2. The normalized spacial score (nSPS) is 12.3. The van der Waals surface area contributed by atoms with E-state index in [0.717, 1.165) is 44.1 Å². The van der Waals surface area contributed by atoms with Crippen molar-refractivity contribution in [1.82, 2.24) is 9.97 Å². The average Bonchev–Trinajstić information content (AvgIpc) is 3.58. The van der Waals surface area contributed by atoms with E-state index in [4.69, 9.17) is 2.74 Å². The van der Waals surface area contributed by atoms with Gasteiger partial charge in [0, 0.05) is 27.5 Å². The Bertz CT molecular complexity index is 2870. The number of rotatable bonds is 5. The summed E-state index contributed by atoms with van der Waals surface area (Å²) in [7, 11) is 0. The van der Waals surface area contributed by atoms with Crippen molar-refractivity contribution >= 4 is 70.7 Å². The van der Waals surface area contributed by atoms with Gasteiger partial charge in [-0.05, 0) is 68.7 Å². The maximum Gasteiger partial charge on any atom is 0 e. The summed E-state index contributed by atoms with van der Waals surface area (Å²) in [5.74, 6) is 6.48. The molecule has 269 valence electrons. The van der Waals surface area contributed by atoms with Gasteiger partial charge in [-0.3, -0.25) is 0 Å². The number of halogens is 1. The van der Waals surface area contributed by atoms with Crippen LogP contribution >= 0.6 is 11.3 Å². The molecule has 0 bridgehead atoms. The summed E-state index contributed by atoms with van der Waals surface area (Å²) in [4.78, 5) is 8.93. The molecule has 0 aliphatic heterocycles. The van der Waals surface area contributed by atoms with E-state index in [2.05, 4.69) is 107 Å². The molecule has 3 heterocycles. The van der Waals surface area contributed by atoms with Crippen LogP contribution in [0.1, 0.15) is 25.0 Å². The van der Waals surface area contributed by atoms with E-state index >= 15 is 4.39 Å². The van der Waals surface area contributed by atoms with E-state index in [-0.39, 0.29) is 25.7 Å². The topological polar surface area (TPSA) is 25.8 Å². The molecule has 0 N–H and O–H groups in total. The minimum Gasteiger partial charge on any atom is 0 e. The second kappa shape index (κ2) is 15.7. The molecule has 6 aromatic carbocycles. The third kappa shape index (κ3) is 7.69. The zero-order chi connectivity index (χ0) is 38.5. The van der Waals surface area contributed by atoms with Crippen molar-refractivity contribution in [2.24, 2.45) is 0 Å². The Hall–Kier alpha value is -4.52. The number of aryl methyl sites for hydroxylation is 2. The molecule has 0 unspecified atom stereocenters. The molecule has 0 atom stereocenters. The van der Waals surface area contributed by atoms with Gasteiger partial charge in [0.05, 0.1) is 6.20 Å². The van der Waals surface area contributed by atoms with Gasteiger partial charge in [0.2, 0.25) is 0 Å². The fraction of sp³-hybridized carbons (Fsp3) is 0.125. The molecule has 6 heteroatoms. The smallest absolute Gasteiger partial charge is 0 e. The number of nitrogens with zero attached hydrogens (tertiary/aromatic N) is 2. The molecule has 0 saturated heterocycles. The minimum atomic E-state index is -2.02. The Balaban J connectivity index is 0.000000238. The number of aromatic nitrogens is 2. The summed E-state index contributed by atoms with van der Waals surface area (Å²) >= 11 is -0.0344. The van der Waals surface area contributed by atoms with Gasteiger partial charge in [0.1, 0.15) is 5.82 Å². The van der Waals surface area contributed by atoms with Crippen molar-refractivity contribution in [2.45, 2.75) is 37.5 Å². The van der Waals surface area contributed by atoms with Crippen LogP contribution < -0.4 is 4.40 Å². The summed E-state index contributed by atoms with van der Waals surface area (Å²) in [6.07, 6.45) is 1.15. The first kappa shape index (κ1) is 35.2. The van der Waals surface area contributed by atoms with E-state index in [1.165, 1.54) is 36.2 Å². The molecule has 0 aliphatic carbocycles. The standard InChI is InChI=1S/C34H23FNS.C14H16GeN.Ir/c1-20-5-3-6-22(15-20)17-24-18-32(36-19-31(24)35)30-8-4-7-27-29-14-13-26-25-11-9-21(2)16-23(25)10-12-28(26)33(29)37-34(27)30;1-15(2,3)13-9-10-14(16-11-13)12-7-5-4-6-8-12;/h3-7,9-16,18-19H,17H2,1-2H3;4-7,9-11H,1-3H3;/q2*-1;/i17D2;;. The minimum absolute atomic E-state index is 0. The Morgan fingerprint density at radius 3 is 2.17 bits per heavy atom. The molecule has 0 aliphatic rings. The molecule has 0 spiro atoms. The van der Waals surface area contributed by atoms with Gasteiger partial charge in [-0.25, -0.2) is 4.39 Å². The monoisotopic (exact) mass is 963 g/mol. The van der Waals surface area contributed by atoms with Crippen molar-refractivity contribution in [3.8, 4) is 22.5 Å². The molecule has 2 nitrogen and oxygen atoms in total. The van der Waals surface area contributed by atoms with Gasteiger partial charge in [-0.1, -0.05) is 89.3 Å². The second-order valence-electron chi connectivity index (χ2n) is 14.5. The molecular weight excluding hydrogens is 920 g/mol. The molecule has 9 rings (SSSR count). The first-order chi connectivity index (χ1) is 26.4. The van der Waals surface area contributed by atoms with Crippen molar-refractivity contribution in [3.05, 3.63) is 174 Å². The summed E-state index contributed by atoms with van der Waals surface area (Å²) in [6.45, 7) is 4.01. The van der Waals surface area contributed by atoms with Crippen molar-refractivity contribution < 1.29 is 27.2 Å². The predicted octanol–water partition coefficient (Wildman–Crippen LogP) is 12.7. The molecule has 54 heavy (non-hydrogen) atoms. The summed E-state index contributed by atoms with van der Waals surface area (Å²) < 4.78 is 36.3. The number of pyridine rings is 2. The number of thiophene rings is 1. The third-order valence-electron chi connectivity index (χ3n) is 9.59. The quantitative estimate of drug-likeness (QED) is 0.0976. The summed E-state index contributed by atoms with van der Waals surface area (Å²) in [6, 6.07) is 46.7. The van der Waals surface area contributed by atoms with E-state index in [9.17, 15) is 0 Å². The molecular formula is C48H39FGeIrN2S-2. The van der Waals surface area contributed by atoms with Gasteiger partial charge in [-0.2, -0.15) is 11.3 Å². The fourth-order valence-corrected chi connectivity index (χ4v) is 10.3. The van der Waals surface area contributed by atoms with Crippen LogP contribution in [0.5, 0.6) is 0 Å². The molecule has 9 aromatic rings. The predicted molar refractivity (Wildman–Crippen MR) is 227 cm³/mol. The van der Waals surface area contributed by atoms with E-state index in [1.807, 2.05) is 49.5 Å². The van der Waals surface area contributed by atoms with Crippen molar-refractivity contribution in [3.63, 3.8) is 0 Å². The van der Waals surface area contributed by atoms with Crippen LogP contribution in [0.4, 0.5) is 4.39 Å². The van der Waals surface area contributed by atoms with Gasteiger partial charge in [0.15, 0.2) is 0 Å². The number of hydrogen-bond acceptors (Lipinski definition) is 3. The summed E-state index contributed by atoms with van der Waals surface area (Å²) in [5, 5.41) is 7.10.